The molecule has 25 heavy (non-hydrogen) atoms. The van der Waals surface area contributed by atoms with Crippen LogP contribution in [0.2, 0.25) is 0 Å². The van der Waals surface area contributed by atoms with Crippen molar-refractivity contribution < 1.29 is 9.59 Å². The summed E-state index contributed by atoms with van der Waals surface area (Å²) in [7, 11) is 0. The zero-order chi connectivity index (χ0) is 17.8. The van der Waals surface area contributed by atoms with Crippen molar-refractivity contribution in [1.82, 2.24) is 9.80 Å². The van der Waals surface area contributed by atoms with E-state index in [2.05, 4.69) is 6.92 Å². The number of nitrogens with zero attached hydrogens (tertiary/aromatic N) is 2. The third-order valence-corrected chi connectivity index (χ3v) is 5.54. The van der Waals surface area contributed by atoms with Crippen molar-refractivity contribution in [3.05, 3.63) is 35.4 Å². The lowest BCUT2D eigenvalue weighted by Gasteiger charge is -2.37. The van der Waals surface area contributed by atoms with E-state index in [4.69, 9.17) is 5.73 Å². The van der Waals surface area contributed by atoms with Gasteiger partial charge in [-0.3, -0.25) is 9.59 Å². The molecule has 2 heterocycles. The van der Waals surface area contributed by atoms with Gasteiger partial charge in [-0.2, -0.15) is 0 Å². The standard InChI is InChI=1S/C20H29N3O2/c1-15-3-2-10-23(14-15)20(25)18-8-11-22(12-9-18)19(24)17-6-4-16(13-21)5-7-17/h4-7,15,18H,2-3,8-14,21H2,1H3. The molecule has 0 spiro atoms. The first-order valence-corrected chi connectivity index (χ1v) is 9.45. The molecule has 136 valence electrons. The fourth-order valence-electron chi connectivity index (χ4n) is 3.94. The van der Waals surface area contributed by atoms with E-state index in [1.165, 1.54) is 6.42 Å². The van der Waals surface area contributed by atoms with Crippen LogP contribution in [-0.2, 0) is 11.3 Å². The van der Waals surface area contributed by atoms with E-state index in [0.29, 0.717) is 37.0 Å². The maximum atomic E-state index is 12.7. The minimum atomic E-state index is 0.0565. The molecule has 2 amide bonds. The zero-order valence-electron chi connectivity index (χ0n) is 15.1. The van der Waals surface area contributed by atoms with Crippen LogP contribution >= 0.6 is 0 Å². The molecule has 3 rings (SSSR count). The van der Waals surface area contributed by atoms with Crippen LogP contribution in [-0.4, -0.2) is 47.8 Å². The summed E-state index contributed by atoms with van der Waals surface area (Å²) in [6.07, 6.45) is 3.88. The van der Waals surface area contributed by atoms with E-state index in [1.807, 2.05) is 34.1 Å². The van der Waals surface area contributed by atoms with Gasteiger partial charge < -0.3 is 15.5 Å². The van der Waals surface area contributed by atoms with Gasteiger partial charge in [-0.05, 0) is 49.3 Å². The highest BCUT2D eigenvalue weighted by Crippen LogP contribution is 2.24. The first-order valence-electron chi connectivity index (χ1n) is 9.45. The van der Waals surface area contributed by atoms with Gasteiger partial charge in [0, 0.05) is 44.2 Å². The average Bonchev–Trinajstić information content (AvgIpc) is 2.67. The minimum absolute atomic E-state index is 0.0565. The second kappa shape index (κ2) is 8.00. The normalized spacial score (nSPS) is 22.1. The fourth-order valence-corrected chi connectivity index (χ4v) is 3.94. The van der Waals surface area contributed by atoms with Crippen molar-refractivity contribution in [1.29, 1.82) is 0 Å². The van der Waals surface area contributed by atoms with Crippen LogP contribution in [0.15, 0.2) is 24.3 Å². The van der Waals surface area contributed by atoms with Crippen LogP contribution < -0.4 is 5.73 Å². The molecule has 1 atom stereocenters. The predicted octanol–water partition coefficient (Wildman–Crippen LogP) is 2.26. The Kier molecular flexibility index (Phi) is 5.74. The van der Waals surface area contributed by atoms with Crippen molar-refractivity contribution in [3.8, 4) is 0 Å². The highest BCUT2D eigenvalue weighted by atomic mass is 16.2. The molecule has 1 aromatic rings. The van der Waals surface area contributed by atoms with E-state index >= 15 is 0 Å². The molecule has 1 aromatic carbocycles. The van der Waals surface area contributed by atoms with Crippen LogP contribution in [0.1, 0.15) is 48.5 Å². The molecule has 0 bridgehead atoms. The lowest BCUT2D eigenvalue weighted by atomic mass is 9.92. The number of carbonyl (C=O) groups is 2. The smallest absolute Gasteiger partial charge is 0.253 e. The molecule has 2 aliphatic heterocycles. The highest BCUT2D eigenvalue weighted by molar-refractivity contribution is 5.94. The van der Waals surface area contributed by atoms with Gasteiger partial charge in [-0.15, -0.1) is 0 Å². The number of rotatable bonds is 3. The number of piperidine rings is 2. The number of carbonyl (C=O) groups excluding carboxylic acids is 2. The van der Waals surface area contributed by atoms with E-state index in [1.54, 1.807) is 0 Å². The summed E-state index contributed by atoms with van der Waals surface area (Å²) in [5, 5.41) is 0. The molecule has 0 aliphatic carbocycles. The van der Waals surface area contributed by atoms with E-state index < -0.39 is 0 Å². The Morgan fingerprint density at radius 1 is 1.04 bits per heavy atom. The Labute approximate surface area is 150 Å². The summed E-state index contributed by atoms with van der Waals surface area (Å²) in [6, 6.07) is 7.50. The quantitative estimate of drug-likeness (QED) is 0.915. The van der Waals surface area contributed by atoms with Crippen LogP contribution in [0.5, 0.6) is 0 Å². The largest absolute Gasteiger partial charge is 0.342 e. The monoisotopic (exact) mass is 343 g/mol. The van der Waals surface area contributed by atoms with Crippen molar-refractivity contribution >= 4 is 11.8 Å². The lowest BCUT2D eigenvalue weighted by molar-refractivity contribution is -0.138. The molecule has 2 N–H and O–H groups in total. The second-order valence-corrected chi connectivity index (χ2v) is 7.50. The van der Waals surface area contributed by atoms with Gasteiger partial charge in [0.15, 0.2) is 0 Å². The van der Waals surface area contributed by atoms with Crippen LogP contribution in [0.3, 0.4) is 0 Å². The predicted molar refractivity (Wildman–Crippen MR) is 97.9 cm³/mol. The maximum absolute atomic E-state index is 12.7. The van der Waals surface area contributed by atoms with Crippen molar-refractivity contribution in [3.63, 3.8) is 0 Å². The number of nitrogens with two attached hydrogens (primary N) is 1. The first kappa shape index (κ1) is 17.9. The molecule has 5 heteroatoms. The second-order valence-electron chi connectivity index (χ2n) is 7.50. The summed E-state index contributed by atoms with van der Waals surface area (Å²) >= 11 is 0. The van der Waals surface area contributed by atoms with E-state index in [9.17, 15) is 9.59 Å². The van der Waals surface area contributed by atoms with Crippen molar-refractivity contribution in [2.75, 3.05) is 26.2 Å². The van der Waals surface area contributed by atoms with Gasteiger partial charge in [-0.1, -0.05) is 19.1 Å². The molecular weight excluding hydrogens is 314 g/mol. The van der Waals surface area contributed by atoms with Gasteiger partial charge in [0.05, 0.1) is 0 Å². The summed E-state index contributed by atoms with van der Waals surface area (Å²) in [5.74, 6) is 1.04. The molecule has 2 fully saturated rings. The summed E-state index contributed by atoms with van der Waals surface area (Å²) < 4.78 is 0. The Morgan fingerprint density at radius 2 is 1.72 bits per heavy atom. The average molecular weight is 343 g/mol. The topological polar surface area (TPSA) is 66.6 Å². The Morgan fingerprint density at radius 3 is 2.32 bits per heavy atom. The number of amides is 2. The molecule has 0 saturated carbocycles. The van der Waals surface area contributed by atoms with Crippen LogP contribution in [0, 0.1) is 11.8 Å². The van der Waals surface area contributed by atoms with Gasteiger partial charge in [0.25, 0.3) is 5.91 Å². The van der Waals surface area contributed by atoms with Gasteiger partial charge in [-0.25, -0.2) is 0 Å². The van der Waals surface area contributed by atoms with Gasteiger partial charge in [0.2, 0.25) is 5.91 Å². The maximum Gasteiger partial charge on any atom is 0.253 e. The van der Waals surface area contributed by atoms with Crippen LogP contribution in [0.25, 0.3) is 0 Å². The Hall–Kier alpha value is -1.88. The minimum Gasteiger partial charge on any atom is -0.342 e. The summed E-state index contributed by atoms with van der Waals surface area (Å²) in [4.78, 5) is 29.3. The van der Waals surface area contributed by atoms with Crippen LogP contribution in [0.4, 0.5) is 0 Å². The molecule has 2 saturated heterocycles. The number of benzene rings is 1. The Balaban J connectivity index is 1.54. The molecule has 0 aromatic heterocycles. The molecule has 2 aliphatic rings. The number of hydrogen-bond acceptors (Lipinski definition) is 3. The lowest BCUT2D eigenvalue weighted by Crippen LogP contribution is -2.47. The van der Waals surface area contributed by atoms with Crippen molar-refractivity contribution in [2.24, 2.45) is 17.6 Å². The third kappa shape index (κ3) is 4.21. The van der Waals surface area contributed by atoms with Gasteiger partial charge >= 0.3 is 0 Å². The molecule has 0 radical (unpaired) electrons. The molecular formula is C20H29N3O2. The SMILES string of the molecule is CC1CCCN(C(=O)C2CCN(C(=O)c3ccc(CN)cc3)CC2)C1. The third-order valence-electron chi connectivity index (χ3n) is 5.54. The fraction of sp³-hybridized carbons (Fsp3) is 0.600. The van der Waals surface area contributed by atoms with E-state index in [0.717, 1.165) is 37.9 Å². The van der Waals surface area contributed by atoms with Gasteiger partial charge in [0.1, 0.15) is 0 Å². The highest BCUT2D eigenvalue weighted by Gasteiger charge is 2.31. The van der Waals surface area contributed by atoms with E-state index in [-0.39, 0.29) is 11.8 Å². The summed E-state index contributed by atoms with van der Waals surface area (Å²) in [5.41, 5.74) is 7.33. The molecule has 5 nitrogen and oxygen atoms in total. The molecule has 1 unspecified atom stereocenters. The Bertz CT molecular complexity index is 606. The number of likely N-dealkylation sites (tertiary alicyclic amines) is 2. The van der Waals surface area contributed by atoms with Crippen molar-refractivity contribution in [2.45, 2.75) is 39.2 Å². The summed E-state index contributed by atoms with van der Waals surface area (Å²) in [6.45, 7) is 5.82. The zero-order valence-corrected chi connectivity index (χ0v) is 15.1. The number of hydrogen-bond donors (Lipinski definition) is 1. The first-order chi connectivity index (χ1) is 12.1.